The number of anilines is 1. The fourth-order valence-corrected chi connectivity index (χ4v) is 5.61. The molecule has 0 amide bonds. The number of alkyl halides is 1. The van der Waals surface area contributed by atoms with E-state index < -0.39 is 18.1 Å². The number of carbonyl (C=O) groups is 1. The zero-order chi connectivity index (χ0) is 27.6. The maximum atomic E-state index is 15.1. The third-order valence-electron chi connectivity index (χ3n) is 7.67. The van der Waals surface area contributed by atoms with Crippen LogP contribution in [-0.2, 0) is 4.79 Å². The third kappa shape index (κ3) is 5.82. The van der Waals surface area contributed by atoms with Gasteiger partial charge in [-0.05, 0) is 71.1 Å². The molecule has 1 saturated carbocycles. The van der Waals surface area contributed by atoms with E-state index in [9.17, 15) is 14.3 Å². The van der Waals surface area contributed by atoms with E-state index in [0.717, 1.165) is 32.4 Å². The predicted octanol–water partition coefficient (Wildman–Crippen LogP) is 5.13. The summed E-state index contributed by atoms with van der Waals surface area (Å²) in [6.45, 7) is 8.41. The molecular formula is C29H38F2N4O3. The van der Waals surface area contributed by atoms with Gasteiger partial charge in [0.2, 0.25) is 0 Å². The minimum atomic E-state index is -0.731. The highest BCUT2D eigenvalue weighted by atomic mass is 19.1. The van der Waals surface area contributed by atoms with Crippen molar-refractivity contribution >= 4 is 17.2 Å². The normalized spacial score (nSPS) is 18.7. The van der Waals surface area contributed by atoms with Crippen molar-refractivity contribution in [1.82, 2.24) is 9.97 Å². The molecule has 2 aromatic rings. The number of aliphatic hydroxyl groups is 1. The number of nitrogens with two attached hydrogens (primary N) is 1. The molecular weight excluding hydrogens is 490 g/mol. The number of benzene rings is 1. The standard InChI is InChI=1S/C29H38F2N4O3/c1-5-6-21(37)14-38-22-7-8-24(31)23(13-22)27-33-26(25(18(3)32)19(4)36)17(2)28(34-27)35-15-29(16-35)11-9-20(30)10-12-29/h7-8,13,20-21,37H,5-6,9-12,14-16,32H2,1-4H3/t21-/m1/s1. The summed E-state index contributed by atoms with van der Waals surface area (Å²) in [6.07, 6.45) is 2.86. The number of nitrogens with zero attached hydrogens (tertiary/aromatic N) is 3. The van der Waals surface area contributed by atoms with Gasteiger partial charge in [0.1, 0.15) is 30.2 Å². The molecule has 1 aliphatic carbocycles. The van der Waals surface area contributed by atoms with Crippen molar-refractivity contribution in [1.29, 1.82) is 0 Å². The van der Waals surface area contributed by atoms with Crippen LogP contribution in [0.2, 0.25) is 0 Å². The lowest BCUT2D eigenvalue weighted by atomic mass is 9.68. The lowest BCUT2D eigenvalue weighted by Gasteiger charge is -2.53. The molecule has 9 heteroatoms. The van der Waals surface area contributed by atoms with Gasteiger partial charge in [0, 0.05) is 29.8 Å². The molecule has 1 atom stereocenters. The number of allylic oxidation sites excluding steroid dienone is 2. The summed E-state index contributed by atoms with van der Waals surface area (Å²) >= 11 is 0. The largest absolute Gasteiger partial charge is 0.491 e. The molecule has 1 aliphatic heterocycles. The van der Waals surface area contributed by atoms with Crippen molar-refractivity contribution in [3.63, 3.8) is 0 Å². The number of aromatic nitrogens is 2. The fraction of sp³-hybridized carbons (Fsp3) is 0.552. The second-order valence-corrected chi connectivity index (χ2v) is 10.9. The maximum Gasteiger partial charge on any atom is 0.165 e. The highest BCUT2D eigenvalue weighted by Gasteiger charge is 2.46. The number of ketones is 1. The predicted molar refractivity (Wildman–Crippen MR) is 144 cm³/mol. The van der Waals surface area contributed by atoms with Crippen LogP contribution >= 0.6 is 0 Å². The average molecular weight is 529 g/mol. The second kappa shape index (κ2) is 11.4. The Morgan fingerprint density at radius 2 is 1.95 bits per heavy atom. The van der Waals surface area contributed by atoms with Gasteiger partial charge in [0.25, 0.3) is 0 Å². The molecule has 2 aliphatic rings. The summed E-state index contributed by atoms with van der Waals surface area (Å²) in [5, 5.41) is 10.0. The van der Waals surface area contributed by atoms with Crippen molar-refractivity contribution in [3.8, 4) is 17.1 Å². The summed E-state index contributed by atoms with van der Waals surface area (Å²) in [5.41, 5.74) is 7.94. The maximum absolute atomic E-state index is 15.1. The molecule has 1 saturated heterocycles. The molecule has 0 radical (unpaired) electrons. The zero-order valence-corrected chi connectivity index (χ0v) is 22.7. The van der Waals surface area contributed by atoms with Gasteiger partial charge >= 0.3 is 0 Å². The van der Waals surface area contributed by atoms with Crippen LogP contribution in [0.15, 0.2) is 23.9 Å². The molecule has 1 spiro atoms. The Kier molecular flexibility index (Phi) is 8.35. The average Bonchev–Trinajstić information content (AvgIpc) is 2.84. The summed E-state index contributed by atoms with van der Waals surface area (Å²) in [4.78, 5) is 24.1. The smallest absolute Gasteiger partial charge is 0.165 e. The van der Waals surface area contributed by atoms with Gasteiger partial charge in [-0.1, -0.05) is 13.3 Å². The van der Waals surface area contributed by atoms with E-state index >= 15 is 4.39 Å². The third-order valence-corrected chi connectivity index (χ3v) is 7.67. The van der Waals surface area contributed by atoms with E-state index in [1.54, 1.807) is 6.92 Å². The molecule has 1 aromatic heterocycles. The van der Waals surface area contributed by atoms with Gasteiger partial charge in [0.05, 0.1) is 22.9 Å². The van der Waals surface area contributed by atoms with Crippen molar-refractivity contribution in [2.24, 2.45) is 11.1 Å². The topological polar surface area (TPSA) is 102 Å². The number of carbonyl (C=O) groups excluding carboxylic acids is 1. The van der Waals surface area contributed by atoms with E-state index in [-0.39, 0.29) is 34.8 Å². The lowest BCUT2D eigenvalue weighted by Crippen LogP contribution is -2.58. The minimum absolute atomic E-state index is 0.0572. The Hall–Kier alpha value is -3.07. The van der Waals surface area contributed by atoms with Crippen LogP contribution in [0.3, 0.4) is 0 Å². The number of aliphatic hydroxyl groups excluding tert-OH is 1. The molecule has 4 rings (SSSR count). The number of rotatable bonds is 9. The molecule has 2 fully saturated rings. The lowest BCUT2D eigenvalue weighted by molar-refractivity contribution is -0.111. The molecule has 0 unspecified atom stereocenters. The van der Waals surface area contributed by atoms with E-state index in [4.69, 9.17) is 15.5 Å². The quantitative estimate of drug-likeness (QED) is 0.435. The number of Topliss-reactive ketones (excluding diaryl/α,β-unsaturated/α-hetero) is 1. The van der Waals surface area contributed by atoms with E-state index in [0.29, 0.717) is 47.8 Å². The van der Waals surface area contributed by atoms with Crippen LogP contribution in [0.25, 0.3) is 17.0 Å². The molecule has 0 bridgehead atoms. The van der Waals surface area contributed by atoms with E-state index in [2.05, 4.69) is 9.88 Å². The van der Waals surface area contributed by atoms with Gasteiger partial charge in [-0.25, -0.2) is 18.7 Å². The first kappa shape index (κ1) is 28.0. The molecule has 1 aromatic carbocycles. The summed E-state index contributed by atoms with van der Waals surface area (Å²) in [5.74, 6) is 0.333. The summed E-state index contributed by atoms with van der Waals surface area (Å²) in [6, 6.07) is 4.29. The van der Waals surface area contributed by atoms with Crippen molar-refractivity contribution in [2.75, 3.05) is 24.6 Å². The summed E-state index contributed by atoms with van der Waals surface area (Å²) in [7, 11) is 0. The molecule has 206 valence electrons. The van der Waals surface area contributed by atoms with E-state index in [1.165, 1.54) is 25.1 Å². The Bertz CT molecular complexity index is 1210. The highest BCUT2D eigenvalue weighted by Crippen LogP contribution is 2.47. The SMILES string of the molecule is CCC[C@@H](O)COc1ccc(F)c(-c2nc(C(C(C)=O)=C(C)N)c(C)c(N3CC4(CCC(F)CC4)C3)n2)c1. The highest BCUT2D eigenvalue weighted by molar-refractivity contribution is 6.20. The Morgan fingerprint density at radius 1 is 1.26 bits per heavy atom. The molecule has 38 heavy (non-hydrogen) atoms. The Balaban J connectivity index is 1.74. The number of hydrogen-bond donors (Lipinski definition) is 2. The zero-order valence-electron chi connectivity index (χ0n) is 22.7. The second-order valence-electron chi connectivity index (χ2n) is 10.9. The van der Waals surface area contributed by atoms with Crippen molar-refractivity contribution in [3.05, 3.63) is 41.0 Å². The van der Waals surface area contributed by atoms with Gasteiger partial charge in [-0.15, -0.1) is 0 Å². The number of halogens is 2. The number of hydrogen-bond acceptors (Lipinski definition) is 7. The molecule has 2 heterocycles. The first-order valence-electron chi connectivity index (χ1n) is 13.4. The van der Waals surface area contributed by atoms with Crippen LogP contribution in [0.5, 0.6) is 5.75 Å². The summed E-state index contributed by atoms with van der Waals surface area (Å²) < 4.78 is 34.6. The van der Waals surface area contributed by atoms with Gasteiger partial charge < -0.3 is 20.5 Å². The van der Waals surface area contributed by atoms with Gasteiger partial charge in [0.15, 0.2) is 11.6 Å². The fourth-order valence-electron chi connectivity index (χ4n) is 5.61. The number of ether oxygens (including phenoxy) is 1. The van der Waals surface area contributed by atoms with Crippen molar-refractivity contribution in [2.45, 2.75) is 78.5 Å². The van der Waals surface area contributed by atoms with Gasteiger partial charge in [-0.2, -0.15) is 0 Å². The Labute approximate surface area is 223 Å². The monoisotopic (exact) mass is 528 g/mol. The molecule has 3 N–H and O–H groups in total. The minimum Gasteiger partial charge on any atom is -0.491 e. The van der Waals surface area contributed by atoms with Crippen LogP contribution < -0.4 is 15.4 Å². The van der Waals surface area contributed by atoms with Crippen LogP contribution in [0, 0.1) is 18.2 Å². The van der Waals surface area contributed by atoms with Crippen LogP contribution in [-0.4, -0.2) is 52.8 Å². The van der Waals surface area contributed by atoms with Crippen LogP contribution in [0.4, 0.5) is 14.6 Å². The van der Waals surface area contributed by atoms with Crippen molar-refractivity contribution < 1.29 is 23.4 Å². The van der Waals surface area contributed by atoms with Gasteiger partial charge in [-0.3, -0.25) is 4.79 Å². The van der Waals surface area contributed by atoms with Crippen LogP contribution in [0.1, 0.15) is 70.6 Å². The van der Waals surface area contributed by atoms with E-state index in [1.807, 2.05) is 13.8 Å². The first-order chi connectivity index (χ1) is 18.0. The molecule has 7 nitrogen and oxygen atoms in total. The Morgan fingerprint density at radius 3 is 2.55 bits per heavy atom. The first-order valence-corrected chi connectivity index (χ1v) is 13.4.